The third-order valence-corrected chi connectivity index (χ3v) is 7.78. The molecule has 0 radical (unpaired) electrons. The van der Waals surface area contributed by atoms with Crippen molar-refractivity contribution < 1.29 is 22.6 Å². The third-order valence-electron chi connectivity index (χ3n) is 5.72. The van der Waals surface area contributed by atoms with Gasteiger partial charge < -0.3 is 19.2 Å². The molecule has 4 aromatic rings. The minimum Gasteiger partial charge on any atom is -0.497 e. The van der Waals surface area contributed by atoms with Crippen LogP contribution in [0.1, 0.15) is 11.1 Å². The second-order valence-corrected chi connectivity index (χ2v) is 10.4. The van der Waals surface area contributed by atoms with Crippen LogP contribution in [0.15, 0.2) is 76.4 Å². The van der Waals surface area contributed by atoms with Gasteiger partial charge in [0.15, 0.2) is 11.5 Å². The molecular weight excluding hydrogens is 492 g/mol. The van der Waals surface area contributed by atoms with Crippen LogP contribution >= 0.6 is 11.6 Å². The third kappa shape index (κ3) is 4.70. The zero-order chi connectivity index (χ0) is 24.6. The molecule has 0 amide bonds. The van der Waals surface area contributed by atoms with Crippen LogP contribution in [0.2, 0.25) is 5.02 Å². The molecule has 0 fully saturated rings. The Balaban J connectivity index is 1.56. The van der Waals surface area contributed by atoms with Crippen LogP contribution in [0.5, 0.6) is 17.2 Å². The SMILES string of the molecule is COc1ccc2[nH]c(=O)c(CN(Cc3ccc4c(c3)OCO4)S(=O)(=O)c3ccc(Cl)cc3)cc2c1. The molecule has 0 saturated heterocycles. The van der Waals surface area contributed by atoms with Gasteiger partial charge in [-0.1, -0.05) is 17.7 Å². The van der Waals surface area contributed by atoms with Crippen molar-refractivity contribution in [2.24, 2.45) is 0 Å². The first-order valence-corrected chi connectivity index (χ1v) is 12.5. The van der Waals surface area contributed by atoms with E-state index in [0.29, 0.717) is 38.9 Å². The minimum absolute atomic E-state index is 0.0111. The van der Waals surface area contributed by atoms with Crippen LogP contribution in [0, 0.1) is 0 Å². The van der Waals surface area contributed by atoms with Gasteiger partial charge in [0.1, 0.15) is 5.75 Å². The first-order chi connectivity index (χ1) is 16.8. The van der Waals surface area contributed by atoms with E-state index in [2.05, 4.69) is 4.98 Å². The molecule has 10 heteroatoms. The number of aromatic amines is 1. The Morgan fingerprint density at radius 2 is 1.74 bits per heavy atom. The zero-order valence-corrected chi connectivity index (χ0v) is 20.2. The average molecular weight is 513 g/mol. The number of hydrogen-bond acceptors (Lipinski definition) is 6. The summed E-state index contributed by atoms with van der Waals surface area (Å²) in [6.07, 6.45) is 0. The Morgan fingerprint density at radius 1 is 0.971 bits per heavy atom. The summed E-state index contributed by atoms with van der Waals surface area (Å²) in [5.41, 5.74) is 1.24. The van der Waals surface area contributed by atoms with Gasteiger partial charge in [-0.25, -0.2) is 8.42 Å². The highest BCUT2D eigenvalue weighted by Gasteiger charge is 2.27. The number of sulfonamides is 1. The number of hydrogen-bond donors (Lipinski definition) is 1. The second-order valence-electron chi connectivity index (χ2n) is 7.99. The molecule has 0 saturated carbocycles. The van der Waals surface area contributed by atoms with E-state index in [1.807, 2.05) is 0 Å². The number of rotatable bonds is 7. The molecule has 0 bridgehead atoms. The lowest BCUT2D eigenvalue weighted by atomic mass is 10.1. The van der Waals surface area contributed by atoms with Gasteiger partial charge in [0.25, 0.3) is 5.56 Å². The van der Waals surface area contributed by atoms with Crippen molar-refractivity contribution in [2.75, 3.05) is 13.9 Å². The predicted octanol–water partition coefficient (Wildman–Crippen LogP) is 4.31. The molecule has 180 valence electrons. The first kappa shape index (κ1) is 23.2. The summed E-state index contributed by atoms with van der Waals surface area (Å²) >= 11 is 5.97. The van der Waals surface area contributed by atoms with E-state index in [-0.39, 0.29) is 30.3 Å². The van der Waals surface area contributed by atoms with E-state index in [0.717, 1.165) is 5.39 Å². The maximum Gasteiger partial charge on any atom is 0.252 e. The van der Waals surface area contributed by atoms with E-state index in [4.69, 9.17) is 25.8 Å². The highest BCUT2D eigenvalue weighted by molar-refractivity contribution is 7.89. The van der Waals surface area contributed by atoms with Crippen LogP contribution in [-0.2, 0) is 23.1 Å². The normalized spacial score (nSPS) is 12.9. The smallest absolute Gasteiger partial charge is 0.252 e. The fourth-order valence-corrected chi connectivity index (χ4v) is 5.42. The summed E-state index contributed by atoms with van der Waals surface area (Å²) in [7, 11) is -2.43. The fraction of sp³-hybridized carbons (Fsp3) is 0.160. The van der Waals surface area contributed by atoms with Gasteiger partial charge >= 0.3 is 0 Å². The van der Waals surface area contributed by atoms with Gasteiger partial charge in [0, 0.05) is 34.6 Å². The van der Waals surface area contributed by atoms with E-state index in [9.17, 15) is 13.2 Å². The quantitative estimate of drug-likeness (QED) is 0.396. The number of H-pyrrole nitrogens is 1. The number of pyridine rings is 1. The van der Waals surface area contributed by atoms with Crippen molar-refractivity contribution in [1.82, 2.24) is 9.29 Å². The minimum atomic E-state index is -3.99. The molecule has 5 rings (SSSR count). The molecule has 0 atom stereocenters. The molecule has 35 heavy (non-hydrogen) atoms. The van der Waals surface area contributed by atoms with Crippen LogP contribution in [0.25, 0.3) is 10.9 Å². The number of ether oxygens (including phenoxy) is 3. The highest BCUT2D eigenvalue weighted by Crippen LogP contribution is 2.33. The van der Waals surface area contributed by atoms with Crippen molar-refractivity contribution in [3.63, 3.8) is 0 Å². The summed E-state index contributed by atoms with van der Waals surface area (Å²) in [5.74, 6) is 1.77. The first-order valence-electron chi connectivity index (χ1n) is 10.7. The Morgan fingerprint density at radius 3 is 2.51 bits per heavy atom. The molecule has 0 unspecified atom stereocenters. The maximum absolute atomic E-state index is 13.7. The second kappa shape index (κ2) is 9.26. The van der Waals surface area contributed by atoms with Gasteiger partial charge in [-0.15, -0.1) is 0 Å². The Bertz CT molecular complexity index is 1570. The van der Waals surface area contributed by atoms with Crippen LogP contribution in [0.4, 0.5) is 0 Å². The molecule has 0 aliphatic carbocycles. The number of aromatic nitrogens is 1. The lowest BCUT2D eigenvalue weighted by Crippen LogP contribution is -2.32. The standard InChI is InChI=1S/C25H21ClN2O6S/c1-32-20-5-8-22-17(12-20)11-18(25(29)27-22)14-28(35(30,31)21-6-3-19(26)4-7-21)13-16-2-9-23-24(10-16)34-15-33-23/h2-12H,13-15H2,1H3,(H,27,29). The molecule has 1 aromatic heterocycles. The van der Waals surface area contributed by atoms with E-state index in [1.54, 1.807) is 49.6 Å². The number of benzene rings is 3. The van der Waals surface area contributed by atoms with Crippen LogP contribution in [0.3, 0.4) is 0 Å². The van der Waals surface area contributed by atoms with Gasteiger partial charge in [-0.2, -0.15) is 4.31 Å². The van der Waals surface area contributed by atoms with Crippen LogP contribution < -0.4 is 19.8 Å². The van der Waals surface area contributed by atoms with Crippen molar-refractivity contribution in [3.8, 4) is 17.2 Å². The average Bonchev–Trinajstić information content (AvgIpc) is 3.32. The zero-order valence-electron chi connectivity index (χ0n) is 18.7. The molecule has 1 N–H and O–H groups in total. The van der Waals surface area contributed by atoms with Crippen molar-refractivity contribution in [1.29, 1.82) is 0 Å². The van der Waals surface area contributed by atoms with Crippen molar-refractivity contribution >= 4 is 32.5 Å². The fourth-order valence-electron chi connectivity index (χ4n) is 3.89. The van der Waals surface area contributed by atoms with Crippen molar-refractivity contribution in [2.45, 2.75) is 18.0 Å². The Labute approximate surface area is 206 Å². The molecule has 3 aromatic carbocycles. The number of nitrogens with one attached hydrogen (secondary N) is 1. The Hall–Kier alpha value is -3.53. The predicted molar refractivity (Wildman–Crippen MR) is 132 cm³/mol. The lowest BCUT2D eigenvalue weighted by Gasteiger charge is -2.22. The summed E-state index contributed by atoms with van der Waals surface area (Å²) in [5, 5.41) is 1.15. The number of halogens is 1. The van der Waals surface area contributed by atoms with E-state index >= 15 is 0 Å². The molecular formula is C25H21ClN2O6S. The van der Waals surface area contributed by atoms with E-state index in [1.165, 1.54) is 28.6 Å². The lowest BCUT2D eigenvalue weighted by molar-refractivity contribution is 0.174. The topological polar surface area (TPSA) is 97.9 Å². The van der Waals surface area contributed by atoms with E-state index < -0.39 is 10.0 Å². The summed E-state index contributed by atoms with van der Waals surface area (Å²) in [6, 6.07) is 18.1. The van der Waals surface area contributed by atoms with Gasteiger partial charge in [0.2, 0.25) is 16.8 Å². The molecule has 8 nitrogen and oxygen atoms in total. The number of nitrogens with zero attached hydrogens (tertiary/aromatic N) is 1. The molecule has 2 heterocycles. The largest absolute Gasteiger partial charge is 0.497 e. The van der Waals surface area contributed by atoms with Crippen molar-refractivity contribution in [3.05, 3.63) is 93.2 Å². The van der Waals surface area contributed by atoms with Crippen LogP contribution in [-0.4, -0.2) is 31.6 Å². The molecule has 0 spiro atoms. The van der Waals surface area contributed by atoms with Gasteiger partial charge in [-0.05, 0) is 66.2 Å². The molecule has 1 aliphatic rings. The Kier molecular flexibility index (Phi) is 6.14. The molecule has 1 aliphatic heterocycles. The van der Waals surface area contributed by atoms with Gasteiger partial charge in [0.05, 0.1) is 12.0 Å². The number of methoxy groups -OCH3 is 1. The summed E-state index contributed by atoms with van der Waals surface area (Å²) < 4.78 is 44.6. The summed E-state index contributed by atoms with van der Waals surface area (Å²) in [4.78, 5) is 15.8. The van der Waals surface area contributed by atoms with Gasteiger partial charge in [-0.3, -0.25) is 4.79 Å². The monoisotopic (exact) mass is 512 g/mol. The summed E-state index contributed by atoms with van der Waals surface area (Å²) in [6.45, 7) is -0.0272. The highest BCUT2D eigenvalue weighted by atomic mass is 35.5. The number of fused-ring (bicyclic) bond motifs is 2. The maximum atomic E-state index is 13.7.